The van der Waals surface area contributed by atoms with Crippen molar-refractivity contribution in [3.05, 3.63) is 64.7 Å². The number of hydrogen-bond acceptors (Lipinski definition) is 6. The largest absolute Gasteiger partial charge is 0.379 e. The van der Waals surface area contributed by atoms with E-state index in [1.54, 1.807) is 23.0 Å². The van der Waals surface area contributed by atoms with Gasteiger partial charge in [-0.05, 0) is 45.4 Å². The number of fused-ring (bicyclic) bond motifs is 1. The number of aromatic nitrogens is 3. The Balaban J connectivity index is 1.90. The van der Waals surface area contributed by atoms with E-state index in [9.17, 15) is 4.79 Å². The van der Waals surface area contributed by atoms with Crippen LogP contribution in [0.4, 0.5) is 5.95 Å². The highest BCUT2D eigenvalue weighted by Crippen LogP contribution is 2.12. The second kappa shape index (κ2) is 9.23. The predicted octanol–water partition coefficient (Wildman–Crippen LogP) is 3.44. The van der Waals surface area contributed by atoms with Crippen molar-refractivity contribution in [2.24, 2.45) is 5.10 Å². The van der Waals surface area contributed by atoms with Gasteiger partial charge < -0.3 is 4.74 Å². The zero-order valence-corrected chi connectivity index (χ0v) is 16.4. The zero-order valence-electron chi connectivity index (χ0n) is 16.4. The molecule has 0 aliphatic heterocycles. The molecule has 0 fully saturated rings. The van der Waals surface area contributed by atoms with Gasteiger partial charge in [0.2, 0.25) is 5.95 Å². The molecule has 0 radical (unpaired) electrons. The Hall–Kier alpha value is -3.06. The molecule has 2 aromatic heterocycles. The fraction of sp³-hybridized carbons (Fsp3) is 0.333. The number of nitrogens with one attached hydrogen (secondary N) is 1. The van der Waals surface area contributed by atoms with Gasteiger partial charge in [-0.25, -0.2) is 10.4 Å². The third-order valence-electron chi connectivity index (χ3n) is 4.24. The summed E-state index contributed by atoms with van der Waals surface area (Å²) in [5, 5.41) is 4.99. The molecule has 0 bridgehead atoms. The SMILES string of the molecule is C/C(=N/Nc1nc2ccccc2c(=O)n1CCCOC(C)C)c1cccnc1. The van der Waals surface area contributed by atoms with Gasteiger partial charge in [0.05, 0.1) is 22.7 Å². The molecule has 28 heavy (non-hydrogen) atoms. The summed E-state index contributed by atoms with van der Waals surface area (Å²) in [4.78, 5) is 21.7. The van der Waals surface area contributed by atoms with Gasteiger partial charge in [-0.3, -0.25) is 14.3 Å². The van der Waals surface area contributed by atoms with Crippen molar-refractivity contribution in [2.75, 3.05) is 12.0 Å². The maximum Gasteiger partial charge on any atom is 0.262 e. The molecule has 1 N–H and O–H groups in total. The fourth-order valence-electron chi connectivity index (χ4n) is 2.78. The zero-order chi connectivity index (χ0) is 19.9. The van der Waals surface area contributed by atoms with E-state index < -0.39 is 0 Å². The Bertz CT molecular complexity index is 1010. The lowest BCUT2D eigenvalue weighted by Crippen LogP contribution is -2.25. The van der Waals surface area contributed by atoms with Crippen LogP contribution in [0, 0.1) is 0 Å². The van der Waals surface area contributed by atoms with Crippen LogP contribution in [0.5, 0.6) is 0 Å². The first-order chi connectivity index (χ1) is 13.6. The highest BCUT2D eigenvalue weighted by molar-refractivity contribution is 5.98. The number of ether oxygens (including phenoxy) is 1. The molecule has 0 saturated heterocycles. The first kappa shape index (κ1) is 19.7. The van der Waals surface area contributed by atoms with Crippen LogP contribution < -0.4 is 11.0 Å². The van der Waals surface area contributed by atoms with Gasteiger partial charge in [0.1, 0.15) is 0 Å². The van der Waals surface area contributed by atoms with E-state index in [1.165, 1.54) is 0 Å². The van der Waals surface area contributed by atoms with E-state index in [-0.39, 0.29) is 11.7 Å². The minimum atomic E-state index is -0.0909. The molecule has 2 heterocycles. The highest BCUT2D eigenvalue weighted by Gasteiger charge is 2.11. The normalized spacial score (nSPS) is 11.9. The van der Waals surface area contributed by atoms with Gasteiger partial charge in [0.15, 0.2) is 0 Å². The maximum absolute atomic E-state index is 13.0. The smallest absolute Gasteiger partial charge is 0.262 e. The summed E-state index contributed by atoms with van der Waals surface area (Å²) in [7, 11) is 0. The third kappa shape index (κ3) is 4.80. The van der Waals surface area contributed by atoms with Crippen LogP contribution in [0.25, 0.3) is 10.9 Å². The highest BCUT2D eigenvalue weighted by atomic mass is 16.5. The molecule has 0 amide bonds. The van der Waals surface area contributed by atoms with Gasteiger partial charge >= 0.3 is 0 Å². The quantitative estimate of drug-likeness (QED) is 0.368. The van der Waals surface area contributed by atoms with Crippen molar-refractivity contribution in [2.45, 2.75) is 39.8 Å². The Morgan fingerprint density at radius 3 is 2.82 bits per heavy atom. The lowest BCUT2D eigenvalue weighted by Gasteiger charge is -2.14. The molecule has 0 saturated carbocycles. The van der Waals surface area contributed by atoms with Crippen LogP contribution in [0.3, 0.4) is 0 Å². The summed E-state index contributed by atoms with van der Waals surface area (Å²) in [5.41, 5.74) is 5.17. The van der Waals surface area contributed by atoms with Crippen LogP contribution in [0.1, 0.15) is 32.8 Å². The molecule has 3 rings (SSSR count). The molecule has 1 aromatic carbocycles. The monoisotopic (exact) mass is 379 g/mol. The molecule has 0 spiro atoms. The van der Waals surface area contributed by atoms with Gasteiger partial charge in [-0.1, -0.05) is 18.2 Å². The fourth-order valence-corrected chi connectivity index (χ4v) is 2.78. The summed E-state index contributed by atoms with van der Waals surface area (Å²) in [6.45, 7) is 6.94. The third-order valence-corrected chi connectivity index (χ3v) is 4.24. The topological polar surface area (TPSA) is 81.4 Å². The summed E-state index contributed by atoms with van der Waals surface area (Å²) >= 11 is 0. The number of hydrazone groups is 1. The summed E-state index contributed by atoms with van der Waals surface area (Å²) < 4.78 is 7.21. The second-order valence-corrected chi connectivity index (χ2v) is 6.73. The van der Waals surface area contributed by atoms with Crippen molar-refractivity contribution >= 4 is 22.6 Å². The van der Waals surface area contributed by atoms with Crippen LogP contribution in [-0.2, 0) is 11.3 Å². The Morgan fingerprint density at radius 2 is 2.07 bits per heavy atom. The van der Waals surface area contributed by atoms with E-state index in [0.29, 0.717) is 36.4 Å². The first-order valence-corrected chi connectivity index (χ1v) is 9.38. The minimum absolute atomic E-state index is 0.0909. The van der Waals surface area contributed by atoms with E-state index in [4.69, 9.17) is 4.74 Å². The van der Waals surface area contributed by atoms with Gasteiger partial charge in [-0.15, -0.1) is 0 Å². The van der Waals surface area contributed by atoms with Crippen LogP contribution >= 0.6 is 0 Å². The first-order valence-electron chi connectivity index (χ1n) is 9.38. The number of hydrogen-bond donors (Lipinski definition) is 1. The van der Waals surface area contributed by atoms with Crippen LogP contribution in [0.2, 0.25) is 0 Å². The average Bonchev–Trinajstić information content (AvgIpc) is 2.71. The summed E-state index contributed by atoms with van der Waals surface area (Å²) in [6, 6.07) is 11.1. The lowest BCUT2D eigenvalue weighted by molar-refractivity contribution is 0.0748. The summed E-state index contributed by atoms with van der Waals surface area (Å²) in [6.07, 6.45) is 4.32. The molecule has 146 valence electrons. The van der Waals surface area contributed by atoms with Gasteiger partial charge in [0.25, 0.3) is 5.56 Å². The average molecular weight is 379 g/mol. The van der Waals surface area contributed by atoms with Gasteiger partial charge in [-0.2, -0.15) is 5.10 Å². The standard InChI is InChI=1S/C21H25N5O2/c1-15(2)28-13-7-12-26-20(27)18-9-4-5-10-19(18)23-21(26)25-24-16(3)17-8-6-11-22-14-17/h4-6,8-11,14-15H,7,12-13H2,1-3H3,(H,23,25)/b24-16-. The van der Waals surface area contributed by atoms with Crippen molar-refractivity contribution in [1.29, 1.82) is 0 Å². The molecular weight excluding hydrogens is 354 g/mol. The van der Waals surface area contributed by atoms with Crippen molar-refractivity contribution in [3.63, 3.8) is 0 Å². The van der Waals surface area contributed by atoms with E-state index in [0.717, 1.165) is 11.3 Å². The molecule has 3 aromatic rings. The number of nitrogens with zero attached hydrogens (tertiary/aromatic N) is 4. The number of rotatable bonds is 8. The Kier molecular flexibility index (Phi) is 6.49. The van der Waals surface area contributed by atoms with E-state index >= 15 is 0 Å². The molecular formula is C21H25N5O2. The maximum atomic E-state index is 13.0. The number of pyridine rings is 1. The Morgan fingerprint density at radius 1 is 1.25 bits per heavy atom. The lowest BCUT2D eigenvalue weighted by atomic mass is 10.2. The van der Waals surface area contributed by atoms with Crippen LogP contribution in [0.15, 0.2) is 58.7 Å². The van der Waals surface area contributed by atoms with Crippen molar-refractivity contribution in [1.82, 2.24) is 14.5 Å². The molecule has 0 atom stereocenters. The number of para-hydroxylation sites is 1. The molecule has 7 heteroatoms. The number of benzene rings is 1. The number of anilines is 1. The Labute approximate surface area is 164 Å². The minimum Gasteiger partial charge on any atom is -0.379 e. The second-order valence-electron chi connectivity index (χ2n) is 6.73. The molecule has 0 aliphatic rings. The van der Waals surface area contributed by atoms with Crippen LogP contribution in [-0.4, -0.2) is 33.0 Å². The van der Waals surface area contributed by atoms with Gasteiger partial charge in [0, 0.05) is 31.1 Å². The molecule has 0 unspecified atom stereocenters. The van der Waals surface area contributed by atoms with E-state index in [2.05, 4.69) is 20.5 Å². The van der Waals surface area contributed by atoms with Crippen molar-refractivity contribution < 1.29 is 4.74 Å². The molecule has 7 nitrogen and oxygen atoms in total. The van der Waals surface area contributed by atoms with Crippen molar-refractivity contribution in [3.8, 4) is 0 Å². The summed E-state index contributed by atoms with van der Waals surface area (Å²) in [5.74, 6) is 0.413. The predicted molar refractivity (Wildman–Crippen MR) is 112 cm³/mol. The molecule has 0 aliphatic carbocycles. The van der Waals surface area contributed by atoms with E-state index in [1.807, 2.05) is 51.1 Å².